The van der Waals surface area contributed by atoms with Crippen LogP contribution >= 0.6 is 0 Å². The maximum Gasteiger partial charge on any atom is 0.228 e. The second kappa shape index (κ2) is 4.36. The summed E-state index contributed by atoms with van der Waals surface area (Å²) in [6.45, 7) is 14.5. The molecule has 0 bridgehead atoms. The Bertz CT molecular complexity index is 260. The highest BCUT2D eigenvalue weighted by molar-refractivity contribution is 5.81. The molecule has 0 radical (unpaired) electrons. The van der Waals surface area contributed by atoms with E-state index in [1.165, 1.54) is 0 Å². The maximum atomic E-state index is 12.2. The third-order valence-corrected chi connectivity index (χ3v) is 2.96. The van der Waals surface area contributed by atoms with Gasteiger partial charge in [0.15, 0.2) is 0 Å². The van der Waals surface area contributed by atoms with Gasteiger partial charge in [-0.05, 0) is 5.41 Å². The van der Waals surface area contributed by atoms with E-state index >= 15 is 0 Å². The van der Waals surface area contributed by atoms with Crippen LogP contribution in [0.2, 0.25) is 0 Å². The van der Waals surface area contributed by atoms with Crippen molar-refractivity contribution in [2.45, 2.75) is 47.6 Å². The number of carbonyl (C=O) groups is 1. The van der Waals surface area contributed by atoms with Crippen LogP contribution in [0, 0.1) is 10.8 Å². The van der Waals surface area contributed by atoms with Gasteiger partial charge in [0.25, 0.3) is 0 Å². The Morgan fingerprint density at radius 1 is 1.19 bits per heavy atom. The first-order valence-electron chi connectivity index (χ1n) is 6.03. The molecule has 0 aromatic heterocycles. The molecule has 0 aromatic carbocycles. The highest BCUT2D eigenvalue weighted by Gasteiger charge is 2.35. The Labute approximate surface area is 99.1 Å². The zero-order valence-corrected chi connectivity index (χ0v) is 11.5. The van der Waals surface area contributed by atoms with Gasteiger partial charge in [0.1, 0.15) is 0 Å². The van der Waals surface area contributed by atoms with Crippen LogP contribution in [0.3, 0.4) is 0 Å². The van der Waals surface area contributed by atoms with E-state index in [9.17, 15) is 4.79 Å². The van der Waals surface area contributed by atoms with Gasteiger partial charge in [-0.15, -0.1) is 0 Å². The largest absolute Gasteiger partial charge is 0.374 e. The highest BCUT2D eigenvalue weighted by atomic mass is 16.5. The third-order valence-electron chi connectivity index (χ3n) is 2.96. The minimum absolute atomic E-state index is 0.0941. The van der Waals surface area contributed by atoms with Crippen LogP contribution in [0.5, 0.6) is 0 Å². The fourth-order valence-electron chi connectivity index (χ4n) is 1.83. The molecule has 1 fully saturated rings. The lowest BCUT2D eigenvalue weighted by Crippen LogP contribution is -2.52. The average molecular weight is 227 g/mol. The minimum atomic E-state index is -0.292. The van der Waals surface area contributed by atoms with Crippen LogP contribution < -0.4 is 0 Å². The Balaban J connectivity index is 2.68. The van der Waals surface area contributed by atoms with Gasteiger partial charge < -0.3 is 9.64 Å². The number of amides is 1. The van der Waals surface area contributed by atoms with E-state index in [1.807, 2.05) is 25.7 Å². The lowest BCUT2D eigenvalue weighted by Gasteiger charge is -2.41. The molecule has 3 nitrogen and oxygen atoms in total. The average Bonchev–Trinajstić information content (AvgIpc) is 2.14. The molecule has 0 aliphatic carbocycles. The number of morpholine rings is 1. The summed E-state index contributed by atoms with van der Waals surface area (Å²) in [6, 6.07) is 0. The molecule has 1 heterocycles. The van der Waals surface area contributed by atoms with E-state index in [-0.39, 0.29) is 22.8 Å². The molecule has 0 saturated carbocycles. The molecular weight excluding hydrogens is 202 g/mol. The first-order valence-corrected chi connectivity index (χ1v) is 6.03. The molecule has 1 atom stereocenters. The molecule has 1 saturated heterocycles. The quantitative estimate of drug-likeness (QED) is 0.635. The Hall–Kier alpha value is -0.570. The van der Waals surface area contributed by atoms with E-state index in [0.717, 1.165) is 13.1 Å². The Kier molecular flexibility index (Phi) is 3.68. The summed E-state index contributed by atoms with van der Waals surface area (Å²) >= 11 is 0. The summed E-state index contributed by atoms with van der Waals surface area (Å²) < 4.78 is 5.74. The van der Waals surface area contributed by atoms with Crippen LogP contribution in [0.4, 0.5) is 0 Å². The molecular formula is C13H25NO2. The molecule has 1 unspecified atom stereocenters. The monoisotopic (exact) mass is 227 g/mol. The number of hydrogen-bond donors (Lipinski definition) is 0. The predicted octanol–water partition coefficient (Wildman–Crippen LogP) is 2.31. The molecule has 1 aliphatic heterocycles. The van der Waals surface area contributed by atoms with Gasteiger partial charge in [-0.2, -0.15) is 0 Å². The molecule has 1 aliphatic rings. The number of carbonyl (C=O) groups excluding carboxylic acids is 1. The van der Waals surface area contributed by atoms with Crippen molar-refractivity contribution < 1.29 is 9.53 Å². The predicted molar refractivity (Wildman–Crippen MR) is 65.2 cm³/mol. The molecule has 0 spiro atoms. The second-order valence-electron chi connectivity index (χ2n) is 6.73. The summed E-state index contributed by atoms with van der Waals surface area (Å²) in [6.07, 6.45) is 0.146. The topological polar surface area (TPSA) is 29.5 Å². The van der Waals surface area contributed by atoms with E-state index < -0.39 is 0 Å². The molecule has 0 aromatic rings. The molecule has 1 rings (SSSR count). The molecule has 94 valence electrons. The molecule has 16 heavy (non-hydrogen) atoms. The van der Waals surface area contributed by atoms with Gasteiger partial charge in [-0.3, -0.25) is 4.79 Å². The van der Waals surface area contributed by atoms with Gasteiger partial charge in [-0.1, -0.05) is 41.5 Å². The fourth-order valence-corrected chi connectivity index (χ4v) is 1.83. The zero-order chi connectivity index (χ0) is 12.6. The Morgan fingerprint density at radius 2 is 1.75 bits per heavy atom. The first kappa shape index (κ1) is 13.5. The number of ether oxygens (including phenoxy) is 1. The van der Waals surface area contributed by atoms with Crippen molar-refractivity contribution >= 4 is 5.91 Å². The normalized spacial score (nSPS) is 23.4. The van der Waals surface area contributed by atoms with Crippen molar-refractivity contribution in [3.63, 3.8) is 0 Å². The first-order chi connectivity index (χ1) is 7.12. The van der Waals surface area contributed by atoms with Crippen molar-refractivity contribution in [1.82, 2.24) is 4.90 Å². The second-order valence-corrected chi connectivity index (χ2v) is 6.73. The summed E-state index contributed by atoms with van der Waals surface area (Å²) in [7, 11) is 0. The zero-order valence-electron chi connectivity index (χ0n) is 11.5. The van der Waals surface area contributed by atoms with Gasteiger partial charge in [0.2, 0.25) is 5.91 Å². The highest BCUT2D eigenvalue weighted by Crippen LogP contribution is 2.27. The summed E-state index contributed by atoms with van der Waals surface area (Å²) in [5.41, 5.74) is -0.198. The molecule has 0 N–H and O–H groups in total. The Morgan fingerprint density at radius 3 is 2.19 bits per heavy atom. The van der Waals surface area contributed by atoms with Crippen LogP contribution in [0.25, 0.3) is 0 Å². The number of nitrogens with zero attached hydrogens (tertiary/aromatic N) is 1. The van der Waals surface area contributed by atoms with Gasteiger partial charge >= 0.3 is 0 Å². The number of rotatable bonds is 0. The summed E-state index contributed by atoms with van der Waals surface area (Å²) in [4.78, 5) is 14.1. The van der Waals surface area contributed by atoms with Crippen LogP contribution in [-0.4, -0.2) is 36.6 Å². The third kappa shape index (κ3) is 3.21. The van der Waals surface area contributed by atoms with Crippen molar-refractivity contribution in [3.8, 4) is 0 Å². The SMILES string of the molecule is CC(C)(C)C(=O)N1CCOC(C(C)(C)C)C1. The van der Waals surface area contributed by atoms with Crippen LogP contribution in [0.15, 0.2) is 0 Å². The van der Waals surface area contributed by atoms with Crippen LogP contribution in [-0.2, 0) is 9.53 Å². The van der Waals surface area contributed by atoms with E-state index in [0.29, 0.717) is 6.61 Å². The lowest BCUT2D eigenvalue weighted by molar-refractivity contribution is -0.151. The maximum absolute atomic E-state index is 12.2. The van der Waals surface area contributed by atoms with E-state index in [2.05, 4.69) is 20.8 Å². The van der Waals surface area contributed by atoms with Crippen molar-refractivity contribution in [3.05, 3.63) is 0 Å². The van der Waals surface area contributed by atoms with Crippen molar-refractivity contribution in [1.29, 1.82) is 0 Å². The van der Waals surface area contributed by atoms with E-state index in [1.54, 1.807) is 0 Å². The summed E-state index contributed by atoms with van der Waals surface area (Å²) in [5.74, 6) is 0.227. The fraction of sp³-hybridized carbons (Fsp3) is 0.923. The summed E-state index contributed by atoms with van der Waals surface area (Å²) in [5, 5.41) is 0. The standard InChI is InChI=1S/C13H25NO2/c1-12(2,3)10-9-14(7-8-16-10)11(15)13(4,5)6/h10H,7-9H2,1-6H3. The molecule has 3 heteroatoms. The minimum Gasteiger partial charge on any atom is -0.374 e. The van der Waals surface area contributed by atoms with Gasteiger partial charge in [0, 0.05) is 18.5 Å². The van der Waals surface area contributed by atoms with E-state index in [4.69, 9.17) is 4.74 Å². The number of hydrogen-bond acceptors (Lipinski definition) is 2. The van der Waals surface area contributed by atoms with Crippen molar-refractivity contribution in [2.24, 2.45) is 10.8 Å². The van der Waals surface area contributed by atoms with Crippen LogP contribution in [0.1, 0.15) is 41.5 Å². The van der Waals surface area contributed by atoms with Crippen molar-refractivity contribution in [2.75, 3.05) is 19.7 Å². The smallest absolute Gasteiger partial charge is 0.228 e. The molecule has 1 amide bonds. The lowest BCUT2D eigenvalue weighted by atomic mass is 9.87. The van der Waals surface area contributed by atoms with Gasteiger partial charge in [0.05, 0.1) is 12.7 Å². The van der Waals surface area contributed by atoms with Gasteiger partial charge in [-0.25, -0.2) is 0 Å².